The van der Waals surface area contributed by atoms with E-state index < -0.39 is 10.0 Å². The minimum atomic E-state index is -3.92. The summed E-state index contributed by atoms with van der Waals surface area (Å²) >= 11 is 0. The molecular formula is C21H22N4O5S. The van der Waals surface area contributed by atoms with Crippen LogP contribution in [0.3, 0.4) is 0 Å². The summed E-state index contributed by atoms with van der Waals surface area (Å²) in [5, 5.41) is 3.87. The van der Waals surface area contributed by atoms with E-state index in [4.69, 9.17) is 9.26 Å². The molecule has 31 heavy (non-hydrogen) atoms. The molecule has 2 aromatic carbocycles. The van der Waals surface area contributed by atoms with Gasteiger partial charge in [0.25, 0.3) is 10.0 Å². The Morgan fingerprint density at radius 1 is 1.16 bits per heavy atom. The number of ether oxygens (including phenoxy) is 1. The highest BCUT2D eigenvalue weighted by molar-refractivity contribution is 7.92. The number of carbonyl (C=O) groups is 1. The smallest absolute Gasteiger partial charge is 0.316 e. The first-order valence-electron chi connectivity index (χ1n) is 9.79. The van der Waals surface area contributed by atoms with Crippen molar-refractivity contribution in [1.29, 1.82) is 0 Å². The summed E-state index contributed by atoms with van der Waals surface area (Å²) in [6, 6.07) is 11.5. The van der Waals surface area contributed by atoms with E-state index in [1.54, 1.807) is 48.2 Å². The van der Waals surface area contributed by atoms with E-state index in [2.05, 4.69) is 14.9 Å². The predicted molar refractivity (Wildman–Crippen MR) is 113 cm³/mol. The SMILES string of the molecule is COc1ccccc1NS(=O)(=O)c1cc(-c2noc(C(=O)N3CCCC3)n2)ccc1C. The van der Waals surface area contributed by atoms with Crippen LogP contribution in [0, 0.1) is 6.92 Å². The molecule has 4 rings (SSSR count). The molecular weight excluding hydrogens is 420 g/mol. The number of likely N-dealkylation sites (tertiary alicyclic amines) is 1. The summed E-state index contributed by atoms with van der Waals surface area (Å²) in [5.74, 6) is 0.141. The third-order valence-corrected chi connectivity index (χ3v) is 6.60. The Kier molecular flexibility index (Phi) is 5.64. The number of para-hydroxylation sites is 2. The predicted octanol–water partition coefficient (Wildman–Crippen LogP) is 3.09. The molecule has 1 amide bonds. The highest BCUT2D eigenvalue weighted by atomic mass is 32.2. The van der Waals surface area contributed by atoms with Gasteiger partial charge in [-0.25, -0.2) is 8.42 Å². The van der Waals surface area contributed by atoms with Gasteiger partial charge in [0.1, 0.15) is 5.75 Å². The molecule has 1 aromatic heterocycles. The molecule has 10 heteroatoms. The number of nitrogens with zero attached hydrogens (tertiary/aromatic N) is 3. The number of amides is 1. The van der Waals surface area contributed by atoms with E-state index >= 15 is 0 Å². The zero-order valence-electron chi connectivity index (χ0n) is 17.2. The van der Waals surface area contributed by atoms with Crippen molar-refractivity contribution in [3.8, 4) is 17.1 Å². The van der Waals surface area contributed by atoms with Crippen molar-refractivity contribution < 1.29 is 22.5 Å². The molecule has 1 aliphatic rings. The van der Waals surface area contributed by atoms with Crippen LogP contribution < -0.4 is 9.46 Å². The van der Waals surface area contributed by atoms with Gasteiger partial charge in [-0.2, -0.15) is 4.98 Å². The Labute approximate surface area is 180 Å². The molecule has 3 aromatic rings. The largest absolute Gasteiger partial charge is 0.495 e. The molecule has 162 valence electrons. The minimum absolute atomic E-state index is 0.0631. The summed E-state index contributed by atoms with van der Waals surface area (Å²) in [5.41, 5.74) is 1.30. The molecule has 2 heterocycles. The lowest BCUT2D eigenvalue weighted by Crippen LogP contribution is -2.27. The first-order valence-corrected chi connectivity index (χ1v) is 11.3. The molecule has 0 atom stereocenters. The van der Waals surface area contributed by atoms with Crippen molar-refractivity contribution in [2.45, 2.75) is 24.7 Å². The van der Waals surface area contributed by atoms with Gasteiger partial charge in [-0.05, 0) is 43.5 Å². The molecule has 0 aliphatic carbocycles. The van der Waals surface area contributed by atoms with Crippen LogP contribution in [0.25, 0.3) is 11.4 Å². The maximum absolute atomic E-state index is 13.1. The maximum atomic E-state index is 13.1. The number of nitrogens with one attached hydrogen (secondary N) is 1. The molecule has 0 spiro atoms. The average Bonchev–Trinajstić information content (AvgIpc) is 3.46. The first-order chi connectivity index (χ1) is 14.9. The van der Waals surface area contributed by atoms with Crippen LogP contribution in [-0.4, -0.2) is 49.6 Å². The van der Waals surface area contributed by atoms with Crippen LogP contribution in [0.4, 0.5) is 5.69 Å². The second kappa shape index (κ2) is 8.38. The number of benzene rings is 2. The number of aryl methyl sites for hydroxylation is 1. The fourth-order valence-electron chi connectivity index (χ4n) is 3.44. The number of anilines is 1. The molecule has 0 bridgehead atoms. The van der Waals surface area contributed by atoms with Crippen LogP contribution in [-0.2, 0) is 10.0 Å². The van der Waals surface area contributed by atoms with Crippen molar-refractivity contribution in [3.05, 3.63) is 53.9 Å². The Morgan fingerprint density at radius 2 is 1.90 bits per heavy atom. The summed E-state index contributed by atoms with van der Waals surface area (Å²) < 4.78 is 39.1. The van der Waals surface area contributed by atoms with Crippen LogP contribution in [0.5, 0.6) is 5.75 Å². The van der Waals surface area contributed by atoms with E-state index in [0.717, 1.165) is 12.8 Å². The van der Waals surface area contributed by atoms with Crippen molar-refractivity contribution in [2.75, 3.05) is 24.9 Å². The number of rotatable bonds is 6. The summed E-state index contributed by atoms with van der Waals surface area (Å²) in [6.45, 7) is 3.02. The maximum Gasteiger partial charge on any atom is 0.316 e. The van der Waals surface area contributed by atoms with E-state index in [-0.39, 0.29) is 22.5 Å². The number of aromatic nitrogens is 2. The molecule has 1 fully saturated rings. The lowest BCUT2D eigenvalue weighted by molar-refractivity contribution is 0.0743. The Balaban J connectivity index is 1.63. The summed E-state index contributed by atoms with van der Waals surface area (Å²) in [6.07, 6.45) is 1.90. The molecule has 1 aliphatic heterocycles. The lowest BCUT2D eigenvalue weighted by Gasteiger charge is -2.13. The number of hydrogen-bond acceptors (Lipinski definition) is 7. The quantitative estimate of drug-likeness (QED) is 0.624. The Bertz CT molecular complexity index is 1220. The summed E-state index contributed by atoms with van der Waals surface area (Å²) in [7, 11) is -2.45. The molecule has 1 saturated heterocycles. The van der Waals surface area contributed by atoms with Crippen molar-refractivity contribution >= 4 is 21.6 Å². The Morgan fingerprint density at radius 3 is 2.65 bits per heavy atom. The molecule has 0 radical (unpaired) electrons. The van der Waals surface area contributed by atoms with Crippen LogP contribution >= 0.6 is 0 Å². The topological polar surface area (TPSA) is 115 Å². The van der Waals surface area contributed by atoms with Crippen LogP contribution in [0.15, 0.2) is 51.9 Å². The standard InChI is InChI=1S/C21H22N4O5S/c1-14-9-10-15(19-22-20(30-23-19)21(26)25-11-5-6-12-25)13-18(14)31(27,28)24-16-7-3-4-8-17(16)29-2/h3-4,7-10,13,24H,5-6,11-12H2,1-2H3. The number of methoxy groups -OCH3 is 1. The Hall–Kier alpha value is -3.40. The monoisotopic (exact) mass is 442 g/mol. The van der Waals surface area contributed by atoms with E-state index in [9.17, 15) is 13.2 Å². The van der Waals surface area contributed by atoms with Crippen molar-refractivity contribution in [3.63, 3.8) is 0 Å². The van der Waals surface area contributed by atoms with Crippen molar-refractivity contribution in [1.82, 2.24) is 15.0 Å². The van der Waals surface area contributed by atoms with Gasteiger partial charge in [0.05, 0.1) is 17.7 Å². The highest BCUT2D eigenvalue weighted by Crippen LogP contribution is 2.29. The normalized spacial score (nSPS) is 13.9. The van der Waals surface area contributed by atoms with Gasteiger partial charge < -0.3 is 14.2 Å². The van der Waals surface area contributed by atoms with Gasteiger partial charge >= 0.3 is 11.8 Å². The average molecular weight is 442 g/mol. The number of hydrogen-bond donors (Lipinski definition) is 1. The fourth-order valence-corrected chi connectivity index (χ4v) is 4.78. The van der Waals surface area contributed by atoms with Crippen molar-refractivity contribution in [2.24, 2.45) is 0 Å². The highest BCUT2D eigenvalue weighted by Gasteiger charge is 2.26. The van der Waals surface area contributed by atoms with Gasteiger partial charge in [0.15, 0.2) is 0 Å². The van der Waals surface area contributed by atoms with Gasteiger partial charge in [-0.1, -0.05) is 29.4 Å². The zero-order valence-corrected chi connectivity index (χ0v) is 18.0. The number of carbonyl (C=O) groups excluding carboxylic acids is 1. The molecule has 0 saturated carbocycles. The zero-order chi connectivity index (χ0) is 22.0. The van der Waals surface area contributed by atoms with E-state index in [0.29, 0.717) is 35.7 Å². The second-order valence-electron chi connectivity index (χ2n) is 7.21. The lowest BCUT2D eigenvalue weighted by atomic mass is 10.1. The van der Waals surface area contributed by atoms with E-state index in [1.807, 2.05) is 0 Å². The summed E-state index contributed by atoms with van der Waals surface area (Å²) in [4.78, 5) is 18.4. The number of sulfonamides is 1. The third-order valence-electron chi connectivity index (χ3n) is 5.09. The van der Waals surface area contributed by atoms with Gasteiger partial charge in [-0.15, -0.1) is 0 Å². The molecule has 9 nitrogen and oxygen atoms in total. The van der Waals surface area contributed by atoms with Gasteiger partial charge in [-0.3, -0.25) is 9.52 Å². The fraction of sp³-hybridized carbons (Fsp3) is 0.286. The third kappa shape index (κ3) is 4.24. The first kappa shape index (κ1) is 20.9. The van der Waals surface area contributed by atoms with E-state index in [1.165, 1.54) is 13.2 Å². The second-order valence-corrected chi connectivity index (χ2v) is 8.86. The molecule has 1 N–H and O–H groups in total. The van der Waals surface area contributed by atoms with Crippen LogP contribution in [0.2, 0.25) is 0 Å². The van der Waals surface area contributed by atoms with Gasteiger partial charge in [0.2, 0.25) is 5.82 Å². The van der Waals surface area contributed by atoms with Crippen LogP contribution in [0.1, 0.15) is 29.1 Å². The minimum Gasteiger partial charge on any atom is -0.495 e. The van der Waals surface area contributed by atoms with Gasteiger partial charge in [0, 0.05) is 18.7 Å². The molecule has 0 unspecified atom stereocenters.